The molecule has 0 unspecified atom stereocenters. The molecule has 2 fully saturated rings. The summed E-state index contributed by atoms with van der Waals surface area (Å²) in [6.07, 6.45) is 2.06. The molecule has 0 saturated carbocycles. The molecule has 0 atom stereocenters. The van der Waals surface area contributed by atoms with Gasteiger partial charge in [0.25, 0.3) is 10.0 Å². The van der Waals surface area contributed by atoms with Crippen LogP contribution in [0.5, 0.6) is 0 Å². The van der Waals surface area contributed by atoms with Crippen LogP contribution in [-0.2, 0) is 27.8 Å². The van der Waals surface area contributed by atoms with E-state index in [0.29, 0.717) is 23.8 Å². The average Bonchev–Trinajstić information content (AvgIpc) is 3.49. The summed E-state index contributed by atoms with van der Waals surface area (Å²) in [6.45, 7) is 7.70. The maximum atomic E-state index is 12.6. The van der Waals surface area contributed by atoms with Crippen LogP contribution in [-0.4, -0.2) is 80.8 Å². The highest BCUT2D eigenvalue weighted by molar-refractivity contribution is 7.91. The molecule has 1 aromatic heterocycles. The molecule has 0 radical (unpaired) electrons. The lowest BCUT2D eigenvalue weighted by Gasteiger charge is -2.34. The number of nitrogens with zero attached hydrogens (tertiary/aromatic N) is 3. The van der Waals surface area contributed by atoms with E-state index in [1.165, 1.54) is 16.9 Å². The third-order valence-corrected chi connectivity index (χ3v) is 9.55. The van der Waals surface area contributed by atoms with Crippen LogP contribution < -0.4 is 5.32 Å². The number of nitrogens with one attached hydrogen (secondary N) is 1. The number of benzene rings is 1. The third-order valence-electron chi connectivity index (χ3n) is 6.10. The minimum Gasteiger partial charge on any atom is -0.355 e. The van der Waals surface area contributed by atoms with Crippen molar-refractivity contribution in [1.82, 2.24) is 19.4 Å². The topological polar surface area (TPSA) is 73.0 Å². The maximum Gasteiger partial charge on any atom is 0.252 e. The van der Waals surface area contributed by atoms with Gasteiger partial charge in [-0.2, -0.15) is 4.31 Å². The summed E-state index contributed by atoms with van der Waals surface area (Å²) in [5, 5.41) is 2.99. The fourth-order valence-corrected chi connectivity index (χ4v) is 7.26. The van der Waals surface area contributed by atoms with Gasteiger partial charge in [-0.05, 0) is 30.5 Å². The zero-order chi connectivity index (χ0) is 22.4. The Morgan fingerprint density at radius 3 is 2.31 bits per heavy atom. The predicted octanol–water partition coefficient (Wildman–Crippen LogP) is 2.01. The fraction of sp³-hybridized carbons (Fsp3) is 0.522. The molecule has 1 aromatic carbocycles. The minimum atomic E-state index is -3.40. The van der Waals surface area contributed by atoms with Gasteiger partial charge in [0, 0.05) is 63.8 Å². The van der Waals surface area contributed by atoms with Crippen LogP contribution in [0, 0.1) is 0 Å². The van der Waals surface area contributed by atoms with Crippen LogP contribution >= 0.6 is 11.3 Å². The second-order valence-corrected chi connectivity index (χ2v) is 11.8. The average molecular weight is 477 g/mol. The maximum absolute atomic E-state index is 12.6. The Bertz CT molecular complexity index is 980. The van der Waals surface area contributed by atoms with Crippen LogP contribution in [0.4, 0.5) is 0 Å². The number of amides is 1. The van der Waals surface area contributed by atoms with E-state index in [4.69, 9.17) is 0 Å². The second-order valence-electron chi connectivity index (χ2n) is 8.46. The van der Waals surface area contributed by atoms with Gasteiger partial charge in [-0.25, -0.2) is 8.42 Å². The summed E-state index contributed by atoms with van der Waals surface area (Å²) in [4.78, 5) is 18.0. The van der Waals surface area contributed by atoms with Gasteiger partial charge in [0.1, 0.15) is 4.21 Å². The molecule has 2 aliphatic rings. The van der Waals surface area contributed by atoms with Gasteiger partial charge in [-0.15, -0.1) is 11.3 Å². The van der Waals surface area contributed by atoms with Crippen LogP contribution in [0.15, 0.2) is 46.7 Å². The first-order valence-corrected chi connectivity index (χ1v) is 13.6. The highest BCUT2D eigenvalue weighted by Crippen LogP contribution is 2.27. The number of rotatable bonds is 9. The van der Waals surface area contributed by atoms with E-state index in [9.17, 15) is 13.2 Å². The molecule has 0 bridgehead atoms. The zero-order valence-electron chi connectivity index (χ0n) is 18.4. The Kier molecular flexibility index (Phi) is 7.96. The van der Waals surface area contributed by atoms with Gasteiger partial charge in [0.15, 0.2) is 0 Å². The fourth-order valence-electron chi connectivity index (χ4n) is 4.23. The predicted molar refractivity (Wildman–Crippen MR) is 127 cm³/mol. The highest BCUT2D eigenvalue weighted by atomic mass is 32.2. The lowest BCUT2D eigenvalue weighted by atomic mass is 10.2. The van der Waals surface area contributed by atoms with Crippen molar-refractivity contribution in [3.8, 4) is 0 Å². The van der Waals surface area contributed by atoms with Crippen molar-refractivity contribution in [3.05, 3.63) is 52.9 Å². The van der Waals surface area contributed by atoms with Gasteiger partial charge >= 0.3 is 0 Å². The molecule has 0 spiro atoms. The molecule has 3 heterocycles. The molecule has 2 aromatic rings. The Morgan fingerprint density at radius 1 is 0.906 bits per heavy atom. The van der Waals surface area contributed by atoms with Crippen molar-refractivity contribution >= 4 is 27.3 Å². The normalized spacial score (nSPS) is 18.8. The molecule has 1 N–H and O–H groups in total. The van der Waals surface area contributed by atoms with Crippen molar-refractivity contribution in [2.45, 2.75) is 30.0 Å². The Morgan fingerprint density at radius 2 is 1.59 bits per heavy atom. The van der Waals surface area contributed by atoms with E-state index >= 15 is 0 Å². The highest BCUT2D eigenvalue weighted by Gasteiger charge is 2.28. The molecule has 2 saturated heterocycles. The number of hydrogen-bond donors (Lipinski definition) is 1. The van der Waals surface area contributed by atoms with E-state index in [0.717, 1.165) is 57.0 Å². The van der Waals surface area contributed by atoms with Crippen molar-refractivity contribution in [1.29, 1.82) is 0 Å². The third kappa shape index (κ3) is 6.17. The first-order chi connectivity index (χ1) is 15.5. The number of carbonyl (C=O) groups excluding carboxylic acids is 1. The first kappa shape index (κ1) is 23.4. The van der Waals surface area contributed by atoms with Crippen LogP contribution in [0.1, 0.15) is 23.3 Å². The molecule has 32 heavy (non-hydrogen) atoms. The molecule has 7 nitrogen and oxygen atoms in total. The minimum absolute atomic E-state index is 0.0558. The summed E-state index contributed by atoms with van der Waals surface area (Å²) < 4.78 is 27.2. The van der Waals surface area contributed by atoms with Crippen molar-refractivity contribution in [2.24, 2.45) is 0 Å². The monoisotopic (exact) mass is 476 g/mol. The summed E-state index contributed by atoms with van der Waals surface area (Å²) >= 11 is 1.21. The Hall–Kier alpha value is -1.78. The van der Waals surface area contributed by atoms with E-state index in [1.807, 2.05) is 6.07 Å². The summed E-state index contributed by atoms with van der Waals surface area (Å²) in [7, 11) is -3.40. The smallest absolute Gasteiger partial charge is 0.252 e. The quantitative estimate of drug-likeness (QED) is 0.599. The molecule has 4 rings (SSSR count). The molecular weight excluding hydrogens is 444 g/mol. The van der Waals surface area contributed by atoms with Gasteiger partial charge in [0.05, 0.1) is 6.42 Å². The molecule has 9 heteroatoms. The van der Waals surface area contributed by atoms with Crippen molar-refractivity contribution < 1.29 is 13.2 Å². The Balaban J connectivity index is 1.15. The lowest BCUT2D eigenvalue weighted by molar-refractivity contribution is -0.120. The van der Waals surface area contributed by atoms with Crippen molar-refractivity contribution in [3.63, 3.8) is 0 Å². The van der Waals surface area contributed by atoms with Crippen LogP contribution in [0.25, 0.3) is 0 Å². The van der Waals surface area contributed by atoms with E-state index < -0.39 is 10.0 Å². The molecule has 2 aliphatic heterocycles. The molecule has 1 amide bonds. The number of thiophene rings is 1. The lowest BCUT2D eigenvalue weighted by Crippen LogP contribution is -2.48. The standard InChI is InChI=1S/C23H32N4O3S2/c28-22(18-21-8-9-23(31-21)32(29,30)27-11-4-5-12-27)24-10-13-25-14-16-26(17-15-25)19-20-6-2-1-3-7-20/h1-3,6-9H,4-5,10-19H2,(H,24,28). The van der Waals surface area contributed by atoms with Crippen molar-refractivity contribution in [2.75, 3.05) is 52.4 Å². The van der Waals surface area contributed by atoms with Gasteiger partial charge in [-0.1, -0.05) is 30.3 Å². The van der Waals surface area contributed by atoms with E-state index in [1.54, 1.807) is 16.4 Å². The van der Waals surface area contributed by atoms with Gasteiger partial charge in [0.2, 0.25) is 5.91 Å². The number of sulfonamides is 1. The first-order valence-electron chi connectivity index (χ1n) is 11.3. The SMILES string of the molecule is O=C(Cc1ccc(S(=O)(=O)N2CCCC2)s1)NCCN1CCN(Cc2ccccc2)CC1. The Labute approximate surface area is 195 Å². The molecular formula is C23H32N4O3S2. The molecule has 0 aliphatic carbocycles. The van der Waals surface area contributed by atoms with Crippen LogP contribution in [0.3, 0.4) is 0 Å². The van der Waals surface area contributed by atoms with Gasteiger partial charge < -0.3 is 5.32 Å². The largest absolute Gasteiger partial charge is 0.355 e. The van der Waals surface area contributed by atoms with E-state index in [-0.39, 0.29) is 12.3 Å². The van der Waals surface area contributed by atoms with Crippen LogP contribution in [0.2, 0.25) is 0 Å². The summed E-state index contributed by atoms with van der Waals surface area (Å²) in [5.74, 6) is -0.0558. The van der Waals surface area contributed by atoms with E-state index in [2.05, 4.69) is 39.4 Å². The molecule has 174 valence electrons. The summed E-state index contributed by atoms with van der Waals surface area (Å²) in [6, 6.07) is 13.9. The zero-order valence-corrected chi connectivity index (χ0v) is 20.0. The number of carbonyl (C=O) groups is 1. The number of hydrogen-bond acceptors (Lipinski definition) is 6. The number of piperazine rings is 1. The second kappa shape index (κ2) is 10.9. The summed E-state index contributed by atoms with van der Waals surface area (Å²) in [5.41, 5.74) is 1.35. The van der Waals surface area contributed by atoms with Gasteiger partial charge in [-0.3, -0.25) is 14.6 Å².